The van der Waals surface area contributed by atoms with E-state index in [9.17, 15) is 5.11 Å². The molecule has 94 valence electrons. The summed E-state index contributed by atoms with van der Waals surface area (Å²) in [6.45, 7) is 1.30. The molecule has 0 spiro atoms. The summed E-state index contributed by atoms with van der Waals surface area (Å²) in [4.78, 5) is 0. The number of aliphatic hydroxyl groups excluding tert-OH is 1. The Balaban J connectivity index is 1.92. The summed E-state index contributed by atoms with van der Waals surface area (Å²) in [7, 11) is 0. The van der Waals surface area contributed by atoms with E-state index < -0.39 is 6.10 Å². The average Bonchev–Trinajstić information content (AvgIpc) is 2.83. The Kier molecular flexibility index (Phi) is 2.90. The Hall–Kier alpha value is -2.01. The van der Waals surface area contributed by atoms with Crippen molar-refractivity contribution in [3.05, 3.63) is 41.7 Å². The topological polar surface area (TPSA) is 67.4 Å². The quantitative estimate of drug-likeness (QED) is 0.845. The largest absolute Gasteiger partial charge is 0.490 e. The Morgan fingerprint density at radius 3 is 2.78 bits per heavy atom. The molecule has 0 aliphatic carbocycles. The molecule has 2 aromatic rings. The predicted octanol–water partition coefficient (Wildman–Crippen LogP) is 1.65. The Bertz CT molecular complexity index is 525. The molecular formula is C13H14N2O3. The van der Waals surface area contributed by atoms with E-state index in [4.69, 9.17) is 9.47 Å². The van der Waals surface area contributed by atoms with Crippen molar-refractivity contribution in [2.24, 2.45) is 0 Å². The second-order valence-electron chi connectivity index (χ2n) is 4.19. The number of hydrogen-bond acceptors (Lipinski definition) is 4. The summed E-state index contributed by atoms with van der Waals surface area (Å²) < 4.78 is 11.1. The molecule has 0 radical (unpaired) electrons. The molecule has 0 fully saturated rings. The number of fused-ring (bicyclic) bond motifs is 1. The van der Waals surface area contributed by atoms with Crippen LogP contribution < -0.4 is 9.47 Å². The smallest absolute Gasteiger partial charge is 0.161 e. The lowest BCUT2D eigenvalue weighted by atomic mass is 10.0. The van der Waals surface area contributed by atoms with Gasteiger partial charge in [-0.3, -0.25) is 5.10 Å². The van der Waals surface area contributed by atoms with Gasteiger partial charge >= 0.3 is 0 Å². The Morgan fingerprint density at radius 1 is 1.17 bits per heavy atom. The highest BCUT2D eigenvalue weighted by Crippen LogP contribution is 2.33. The van der Waals surface area contributed by atoms with Gasteiger partial charge in [0.1, 0.15) is 6.10 Å². The maximum Gasteiger partial charge on any atom is 0.161 e. The standard InChI is InChI=1S/C13H14N2O3/c16-13(10-7-14-15-8-10)9-2-3-11-12(6-9)18-5-1-4-17-11/h2-3,6-8,13,16H,1,4-5H2,(H,14,15). The van der Waals surface area contributed by atoms with Crippen molar-refractivity contribution in [3.63, 3.8) is 0 Å². The number of nitrogens with zero attached hydrogens (tertiary/aromatic N) is 1. The summed E-state index contributed by atoms with van der Waals surface area (Å²) in [5, 5.41) is 16.7. The van der Waals surface area contributed by atoms with E-state index in [0.29, 0.717) is 19.0 Å². The highest BCUT2D eigenvalue weighted by atomic mass is 16.5. The molecule has 0 bridgehead atoms. The van der Waals surface area contributed by atoms with Gasteiger partial charge in [0.25, 0.3) is 0 Å². The summed E-state index contributed by atoms with van der Waals surface area (Å²) in [5.41, 5.74) is 1.49. The van der Waals surface area contributed by atoms with Gasteiger partial charge in [-0.15, -0.1) is 0 Å². The highest BCUT2D eigenvalue weighted by molar-refractivity contribution is 5.45. The molecule has 5 heteroatoms. The third kappa shape index (κ3) is 2.04. The zero-order valence-electron chi connectivity index (χ0n) is 9.80. The summed E-state index contributed by atoms with van der Waals surface area (Å²) in [6, 6.07) is 5.49. The van der Waals surface area contributed by atoms with E-state index in [-0.39, 0.29) is 0 Å². The third-order valence-corrected chi connectivity index (χ3v) is 2.92. The lowest BCUT2D eigenvalue weighted by Gasteiger charge is -2.12. The molecule has 1 aliphatic heterocycles. The first-order valence-corrected chi connectivity index (χ1v) is 5.91. The molecule has 0 saturated carbocycles. The monoisotopic (exact) mass is 246 g/mol. The number of aromatic amines is 1. The van der Waals surface area contributed by atoms with Crippen molar-refractivity contribution in [2.45, 2.75) is 12.5 Å². The minimum absolute atomic E-state index is 0.637. The molecule has 3 rings (SSSR count). The van der Waals surface area contributed by atoms with Gasteiger partial charge in [0.15, 0.2) is 11.5 Å². The van der Waals surface area contributed by atoms with Gasteiger partial charge in [-0.25, -0.2) is 0 Å². The van der Waals surface area contributed by atoms with Crippen LogP contribution in [0.15, 0.2) is 30.6 Å². The Morgan fingerprint density at radius 2 is 2.00 bits per heavy atom. The van der Waals surface area contributed by atoms with E-state index in [2.05, 4.69) is 10.2 Å². The molecular weight excluding hydrogens is 232 g/mol. The van der Waals surface area contributed by atoms with Crippen molar-refractivity contribution < 1.29 is 14.6 Å². The normalized spacial score (nSPS) is 16.1. The van der Waals surface area contributed by atoms with Gasteiger partial charge in [0.2, 0.25) is 0 Å². The van der Waals surface area contributed by atoms with Crippen LogP contribution in [-0.4, -0.2) is 28.5 Å². The number of hydrogen-bond donors (Lipinski definition) is 2. The van der Waals surface area contributed by atoms with Crippen molar-refractivity contribution in [1.29, 1.82) is 0 Å². The van der Waals surface area contributed by atoms with Gasteiger partial charge in [-0.05, 0) is 17.7 Å². The average molecular weight is 246 g/mol. The first-order chi connectivity index (χ1) is 8.84. The summed E-state index contributed by atoms with van der Waals surface area (Å²) >= 11 is 0. The van der Waals surface area contributed by atoms with E-state index in [0.717, 1.165) is 23.3 Å². The van der Waals surface area contributed by atoms with Gasteiger partial charge in [0, 0.05) is 18.2 Å². The maximum atomic E-state index is 10.2. The SMILES string of the molecule is OC(c1cn[nH]c1)c1ccc2c(c1)OCCCO2. The van der Waals surface area contributed by atoms with Crippen LogP contribution >= 0.6 is 0 Å². The van der Waals surface area contributed by atoms with Gasteiger partial charge in [-0.2, -0.15) is 5.10 Å². The van der Waals surface area contributed by atoms with Crippen molar-refractivity contribution in [3.8, 4) is 11.5 Å². The van der Waals surface area contributed by atoms with Crippen LogP contribution in [0.5, 0.6) is 11.5 Å². The van der Waals surface area contributed by atoms with Crippen LogP contribution in [0.25, 0.3) is 0 Å². The molecule has 2 N–H and O–H groups in total. The van der Waals surface area contributed by atoms with Crippen LogP contribution in [0, 0.1) is 0 Å². The molecule has 5 nitrogen and oxygen atoms in total. The minimum atomic E-state index is -0.707. The number of H-pyrrole nitrogens is 1. The zero-order chi connectivity index (χ0) is 12.4. The molecule has 18 heavy (non-hydrogen) atoms. The number of benzene rings is 1. The number of nitrogens with one attached hydrogen (secondary N) is 1. The van der Waals surface area contributed by atoms with E-state index >= 15 is 0 Å². The van der Waals surface area contributed by atoms with Crippen LogP contribution in [-0.2, 0) is 0 Å². The number of rotatable bonds is 2. The van der Waals surface area contributed by atoms with Crippen LogP contribution in [0.3, 0.4) is 0 Å². The number of aromatic nitrogens is 2. The first-order valence-electron chi connectivity index (χ1n) is 5.91. The minimum Gasteiger partial charge on any atom is -0.490 e. The second kappa shape index (κ2) is 4.70. The fourth-order valence-electron chi connectivity index (χ4n) is 1.95. The van der Waals surface area contributed by atoms with Gasteiger partial charge < -0.3 is 14.6 Å². The summed E-state index contributed by atoms with van der Waals surface area (Å²) in [5.74, 6) is 1.42. The maximum absolute atomic E-state index is 10.2. The van der Waals surface area contributed by atoms with Gasteiger partial charge in [0.05, 0.1) is 19.4 Å². The van der Waals surface area contributed by atoms with Crippen LogP contribution in [0.2, 0.25) is 0 Å². The lowest BCUT2D eigenvalue weighted by molar-refractivity contribution is 0.219. The Labute approximate surface area is 104 Å². The molecule has 1 aromatic carbocycles. The van der Waals surface area contributed by atoms with Crippen molar-refractivity contribution in [2.75, 3.05) is 13.2 Å². The molecule has 0 saturated heterocycles. The van der Waals surface area contributed by atoms with Crippen molar-refractivity contribution >= 4 is 0 Å². The molecule has 1 aliphatic rings. The predicted molar refractivity (Wildman–Crippen MR) is 64.7 cm³/mol. The molecule has 2 heterocycles. The number of ether oxygens (including phenoxy) is 2. The molecule has 1 unspecified atom stereocenters. The van der Waals surface area contributed by atoms with E-state index in [1.165, 1.54) is 0 Å². The van der Waals surface area contributed by atoms with Gasteiger partial charge in [-0.1, -0.05) is 6.07 Å². The third-order valence-electron chi connectivity index (χ3n) is 2.92. The fourth-order valence-corrected chi connectivity index (χ4v) is 1.95. The zero-order valence-corrected chi connectivity index (χ0v) is 9.80. The number of aliphatic hydroxyl groups is 1. The highest BCUT2D eigenvalue weighted by Gasteiger charge is 2.16. The molecule has 1 aromatic heterocycles. The lowest BCUT2D eigenvalue weighted by Crippen LogP contribution is -2.00. The van der Waals surface area contributed by atoms with Crippen LogP contribution in [0.4, 0.5) is 0 Å². The fraction of sp³-hybridized carbons (Fsp3) is 0.308. The second-order valence-corrected chi connectivity index (χ2v) is 4.19. The summed E-state index contributed by atoms with van der Waals surface area (Å²) in [6.07, 6.45) is 3.44. The van der Waals surface area contributed by atoms with E-state index in [1.807, 2.05) is 18.2 Å². The van der Waals surface area contributed by atoms with E-state index in [1.54, 1.807) is 12.4 Å². The first kappa shape index (κ1) is 11.1. The molecule has 0 amide bonds. The molecule has 1 atom stereocenters. The van der Waals surface area contributed by atoms with Crippen molar-refractivity contribution in [1.82, 2.24) is 10.2 Å². The van der Waals surface area contributed by atoms with Crippen LogP contribution in [0.1, 0.15) is 23.7 Å².